The Bertz CT molecular complexity index is 264. The van der Waals surface area contributed by atoms with Gasteiger partial charge in [0.05, 0.1) is 0 Å². The van der Waals surface area contributed by atoms with Gasteiger partial charge >= 0.3 is 0 Å². The molecule has 3 atom stereocenters. The zero-order chi connectivity index (χ0) is 13.9. The van der Waals surface area contributed by atoms with E-state index in [-0.39, 0.29) is 0 Å². The van der Waals surface area contributed by atoms with Crippen LogP contribution in [0.3, 0.4) is 0 Å². The summed E-state index contributed by atoms with van der Waals surface area (Å²) < 4.78 is 0. The normalized spacial score (nSPS) is 30.8. The maximum atomic E-state index is 3.67. The first-order chi connectivity index (χ1) is 9.02. The van der Waals surface area contributed by atoms with Gasteiger partial charge in [0.2, 0.25) is 0 Å². The van der Waals surface area contributed by atoms with Crippen molar-refractivity contribution in [2.45, 2.75) is 65.8 Å². The summed E-state index contributed by atoms with van der Waals surface area (Å²) in [6, 6.07) is 0.606. The largest absolute Gasteiger partial charge is 0.314 e. The molecule has 0 spiro atoms. The highest BCUT2D eigenvalue weighted by atomic mass is 15.2. The van der Waals surface area contributed by atoms with Gasteiger partial charge in [-0.05, 0) is 36.5 Å². The highest BCUT2D eigenvalue weighted by molar-refractivity contribution is 4.91. The number of nitrogens with one attached hydrogen (secondary N) is 1. The van der Waals surface area contributed by atoms with E-state index in [0.29, 0.717) is 11.5 Å². The number of rotatable bonds is 7. The van der Waals surface area contributed by atoms with E-state index in [0.717, 1.165) is 11.8 Å². The standard InChI is InChI=1S/C17H34N2/c1-5-9-17(4,12-18-14(2)3)13-19-10-15-7-6-8-16(15)11-19/h14-16,18H,5-13H2,1-4H3. The molecule has 2 heteroatoms. The van der Waals surface area contributed by atoms with Crippen LogP contribution in [0.2, 0.25) is 0 Å². The van der Waals surface area contributed by atoms with Crippen LogP contribution in [0.15, 0.2) is 0 Å². The zero-order valence-corrected chi connectivity index (χ0v) is 13.5. The van der Waals surface area contributed by atoms with Crippen LogP contribution in [-0.4, -0.2) is 37.1 Å². The van der Waals surface area contributed by atoms with Crippen molar-refractivity contribution >= 4 is 0 Å². The van der Waals surface area contributed by atoms with Gasteiger partial charge in [-0.2, -0.15) is 0 Å². The second-order valence-corrected chi connectivity index (χ2v) is 7.74. The summed E-state index contributed by atoms with van der Waals surface area (Å²) in [7, 11) is 0. The minimum absolute atomic E-state index is 0.456. The molecule has 2 aliphatic rings. The van der Waals surface area contributed by atoms with Gasteiger partial charge in [-0.1, -0.05) is 40.5 Å². The SMILES string of the molecule is CCCC(C)(CNC(C)C)CN1CC2CCCC2C1. The number of hydrogen-bond acceptors (Lipinski definition) is 2. The molecule has 1 saturated carbocycles. The van der Waals surface area contributed by atoms with Crippen molar-refractivity contribution in [3.63, 3.8) is 0 Å². The van der Waals surface area contributed by atoms with Gasteiger partial charge in [0.1, 0.15) is 0 Å². The fraction of sp³-hybridized carbons (Fsp3) is 1.00. The summed E-state index contributed by atoms with van der Waals surface area (Å²) in [4.78, 5) is 2.77. The predicted molar refractivity (Wildman–Crippen MR) is 83.4 cm³/mol. The summed E-state index contributed by atoms with van der Waals surface area (Å²) >= 11 is 0. The molecule has 19 heavy (non-hydrogen) atoms. The molecule has 0 radical (unpaired) electrons. The Labute approximate surface area is 120 Å². The van der Waals surface area contributed by atoms with E-state index in [1.807, 2.05) is 0 Å². The minimum atomic E-state index is 0.456. The van der Waals surface area contributed by atoms with Crippen LogP contribution in [0, 0.1) is 17.3 Å². The van der Waals surface area contributed by atoms with Gasteiger partial charge in [0, 0.05) is 32.2 Å². The maximum Gasteiger partial charge on any atom is 0.00477 e. The molecule has 2 nitrogen and oxygen atoms in total. The van der Waals surface area contributed by atoms with Crippen molar-refractivity contribution in [2.75, 3.05) is 26.2 Å². The van der Waals surface area contributed by atoms with Crippen molar-refractivity contribution in [3.8, 4) is 0 Å². The molecule has 1 N–H and O–H groups in total. The molecule has 112 valence electrons. The predicted octanol–water partition coefficient (Wildman–Crippen LogP) is 3.52. The molecule has 0 aromatic rings. The first kappa shape index (κ1) is 15.3. The van der Waals surface area contributed by atoms with Gasteiger partial charge in [0.25, 0.3) is 0 Å². The average Bonchev–Trinajstić information content (AvgIpc) is 2.87. The van der Waals surface area contributed by atoms with E-state index in [4.69, 9.17) is 0 Å². The lowest BCUT2D eigenvalue weighted by atomic mass is 9.84. The van der Waals surface area contributed by atoms with E-state index in [1.165, 1.54) is 58.3 Å². The van der Waals surface area contributed by atoms with Gasteiger partial charge in [-0.15, -0.1) is 0 Å². The highest BCUT2D eigenvalue weighted by Gasteiger charge is 2.38. The molecule has 2 rings (SSSR count). The summed E-state index contributed by atoms with van der Waals surface area (Å²) in [5.41, 5.74) is 0.456. The summed E-state index contributed by atoms with van der Waals surface area (Å²) in [6.45, 7) is 14.6. The first-order valence-electron chi connectivity index (χ1n) is 8.48. The van der Waals surface area contributed by atoms with Gasteiger partial charge < -0.3 is 10.2 Å². The van der Waals surface area contributed by atoms with Crippen LogP contribution in [0.4, 0.5) is 0 Å². The van der Waals surface area contributed by atoms with E-state index < -0.39 is 0 Å². The Morgan fingerprint density at radius 2 is 1.84 bits per heavy atom. The monoisotopic (exact) mass is 266 g/mol. The topological polar surface area (TPSA) is 15.3 Å². The Morgan fingerprint density at radius 3 is 2.37 bits per heavy atom. The number of nitrogens with zero attached hydrogens (tertiary/aromatic N) is 1. The van der Waals surface area contributed by atoms with Crippen LogP contribution < -0.4 is 5.32 Å². The molecule has 1 saturated heterocycles. The van der Waals surface area contributed by atoms with Gasteiger partial charge in [0.15, 0.2) is 0 Å². The molecule has 2 fully saturated rings. The average molecular weight is 266 g/mol. The Balaban J connectivity index is 1.85. The molecule has 0 aromatic heterocycles. The molecular formula is C17H34N2. The number of hydrogen-bond donors (Lipinski definition) is 1. The maximum absolute atomic E-state index is 3.67. The van der Waals surface area contributed by atoms with Crippen LogP contribution in [-0.2, 0) is 0 Å². The van der Waals surface area contributed by atoms with Crippen molar-refractivity contribution in [1.82, 2.24) is 10.2 Å². The molecule has 0 amide bonds. The van der Waals surface area contributed by atoms with Crippen molar-refractivity contribution in [3.05, 3.63) is 0 Å². The third-order valence-corrected chi connectivity index (χ3v) is 5.20. The Kier molecular flexibility index (Phi) is 5.30. The smallest absolute Gasteiger partial charge is 0.00477 e. The first-order valence-corrected chi connectivity index (χ1v) is 8.48. The molecular weight excluding hydrogens is 232 g/mol. The quantitative estimate of drug-likeness (QED) is 0.758. The van der Waals surface area contributed by atoms with Crippen molar-refractivity contribution in [2.24, 2.45) is 17.3 Å². The third-order valence-electron chi connectivity index (χ3n) is 5.20. The number of likely N-dealkylation sites (tertiary alicyclic amines) is 1. The second kappa shape index (κ2) is 6.58. The summed E-state index contributed by atoms with van der Waals surface area (Å²) in [6.07, 6.45) is 7.13. The molecule has 3 unspecified atom stereocenters. The lowest BCUT2D eigenvalue weighted by Crippen LogP contribution is -2.43. The Hall–Kier alpha value is -0.0800. The molecule has 0 bridgehead atoms. The van der Waals surface area contributed by atoms with Crippen LogP contribution in [0.1, 0.15) is 59.8 Å². The summed E-state index contributed by atoms with van der Waals surface area (Å²) in [5, 5.41) is 3.67. The van der Waals surface area contributed by atoms with E-state index in [9.17, 15) is 0 Å². The van der Waals surface area contributed by atoms with E-state index >= 15 is 0 Å². The van der Waals surface area contributed by atoms with Gasteiger partial charge in [-0.3, -0.25) is 0 Å². The fourth-order valence-electron chi connectivity index (χ4n) is 4.28. The Morgan fingerprint density at radius 1 is 1.21 bits per heavy atom. The van der Waals surface area contributed by atoms with Gasteiger partial charge in [-0.25, -0.2) is 0 Å². The van der Waals surface area contributed by atoms with Crippen molar-refractivity contribution < 1.29 is 0 Å². The van der Waals surface area contributed by atoms with Crippen LogP contribution >= 0.6 is 0 Å². The minimum Gasteiger partial charge on any atom is -0.314 e. The second-order valence-electron chi connectivity index (χ2n) is 7.74. The summed E-state index contributed by atoms with van der Waals surface area (Å²) in [5.74, 6) is 2.06. The number of fused-ring (bicyclic) bond motifs is 1. The zero-order valence-electron chi connectivity index (χ0n) is 13.5. The van der Waals surface area contributed by atoms with E-state index in [2.05, 4.69) is 37.9 Å². The molecule has 1 heterocycles. The van der Waals surface area contributed by atoms with Crippen LogP contribution in [0.5, 0.6) is 0 Å². The van der Waals surface area contributed by atoms with E-state index in [1.54, 1.807) is 0 Å². The van der Waals surface area contributed by atoms with Crippen molar-refractivity contribution in [1.29, 1.82) is 0 Å². The highest BCUT2D eigenvalue weighted by Crippen LogP contribution is 2.39. The molecule has 0 aromatic carbocycles. The molecule has 1 aliphatic carbocycles. The lowest BCUT2D eigenvalue weighted by Gasteiger charge is -2.35. The lowest BCUT2D eigenvalue weighted by molar-refractivity contribution is 0.161. The fourth-order valence-corrected chi connectivity index (χ4v) is 4.28. The molecule has 1 aliphatic heterocycles. The van der Waals surface area contributed by atoms with Crippen LogP contribution in [0.25, 0.3) is 0 Å². The third kappa shape index (κ3) is 4.19.